The number of nitrogens with two attached hydrogens (primary N) is 2. The van der Waals surface area contributed by atoms with Crippen molar-refractivity contribution in [3.8, 4) is 0 Å². The lowest BCUT2D eigenvalue weighted by molar-refractivity contribution is -0.146. The summed E-state index contributed by atoms with van der Waals surface area (Å²) < 4.78 is 13.2. The van der Waals surface area contributed by atoms with Gasteiger partial charge in [-0.3, -0.25) is 19.4 Å². The number of aromatic nitrogens is 4. The van der Waals surface area contributed by atoms with Gasteiger partial charge in [0.2, 0.25) is 5.95 Å². The van der Waals surface area contributed by atoms with Crippen LogP contribution >= 0.6 is 0 Å². The number of H-pyrrole nitrogens is 1. The van der Waals surface area contributed by atoms with Crippen molar-refractivity contribution in [3.05, 3.63) is 16.7 Å². The van der Waals surface area contributed by atoms with Gasteiger partial charge >= 0.3 is 5.97 Å². The molecule has 1 unspecified atom stereocenters. The first-order valence-corrected chi connectivity index (χ1v) is 16.9. The SMILES string of the molecule is CCCCCCCCCCCCC(=O)CCCCCOCC(CCOC(=O)[C@@H](N)C(C)C)Cn1cnc2c(=O)[nH]c(N)nc21. The molecular formula is C33H58N6O5. The number of Topliss-reactive ketones (excluding diaryl/α,β-unsaturated/α-hetero) is 1. The third-order valence-corrected chi connectivity index (χ3v) is 8.12. The maximum absolute atomic E-state index is 12.3. The number of esters is 1. The van der Waals surface area contributed by atoms with Gasteiger partial charge in [-0.25, -0.2) is 4.98 Å². The number of nitrogens with zero attached hydrogens (tertiary/aromatic N) is 3. The predicted octanol–water partition coefficient (Wildman–Crippen LogP) is 5.69. The third kappa shape index (κ3) is 14.8. The van der Waals surface area contributed by atoms with E-state index in [0.717, 1.165) is 32.1 Å². The molecule has 5 N–H and O–H groups in total. The van der Waals surface area contributed by atoms with Gasteiger partial charge in [-0.05, 0) is 31.6 Å². The van der Waals surface area contributed by atoms with Crippen molar-refractivity contribution < 1.29 is 19.1 Å². The first-order valence-electron chi connectivity index (χ1n) is 16.9. The summed E-state index contributed by atoms with van der Waals surface area (Å²) in [6.07, 6.45) is 18.9. The van der Waals surface area contributed by atoms with Crippen LogP contribution in [0.2, 0.25) is 0 Å². The van der Waals surface area contributed by atoms with Crippen LogP contribution in [0.15, 0.2) is 11.1 Å². The number of ketones is 1. The third-order valence-electron chi connectivity index (χ3n) is 8.12. The normalized spacial score (nSPS) is 13.0. The second-order valence-corrected chi connectivity index (χ2v) is 12.5. The number of imidazole rings is 1. The highest BCUT2D eigenvalue weighted by Gasteiger charge is 2.20. The van der Waals surface area contributed by atoms with E-state index in [9.17, 15) is 14.4 Å². The number of ether oxygens (including phenoxy) is 2. The Morgan fingerprint density at radius 1 is 0.932 bits per heavy atom. The Kier molecular flexibility index (Phi) is 18.6. The molecule has 11 nitrogen and oxygen atoms in total. The number of anilines is 1. The minimum Gasteiger partial charge on any atom is -0.465 e. The molecule has 0 saturated heterocycles. The van der Waals surface area contributed by atoms with Crippen LogP contribution in [0.1, 0.15) is 124 Å². The van der Waals surface area contributed by atoms with Crippen molar-refractivity contribution in [2.45, 2.75) is 136 Å². The van der Waals surface area contributed by atoms with Gasteiger partial charge in [0.1, 0.15) is 11.8 Å². The van der Waals surface area contributed by atoms with E-state index in [4.69, 9.17) is 20.9 Å². The number of hydrogen-bond donors (Lipinski definition) is 3. The molecule has 2 rings (SSSR count). The standard InChI is InChI=1S/C33H58N6O5/c1-4-5-6-7-8-9-10-11-12-14-17-27(40)18-15-13-16-20-43-23-26(19-21-44-32(42)28(34)25(2)3)22-39-24-36-29-30(39)37-33(35)38-31(29)41/h24-26,28H,4-23,34H2,1-3H3,(H3,35,37,38,41)/t26?,28-/m0/s1. The Hall–Kier alpha value is -2.79. The molecule has 0 aromatic carbocycles. The highest BCUT2D eigenvalue weighted by Crippen LogP contribution is 2.15. The number of unbranched alkanes of at least 4 members (excludes halogenated alkanes) is 11. The number of fused-ring (bicyclic) bond motifs is 1. The van der Waals surface area contributed by atoms with Crippen LogP contribution in [-0.4, -0.2) is 57.1 Å². The molecule has 0 saturated carbocycles. The number of nitrogen functional groups attached to an aromatic ring is 1. The zero-order chi connectivity index (χ0) is 32.2. The monoisotopic (exact) mass is 618 g/mol. The van der Waals surface area contributed by atoms with Crippen molar-refractivity contribution in [2.24, 2.45) is 17.6 Å². The molecular weight excluding hydrogens is 560 g/mol. The average molecular weight is 619 g/mol. The van der Waals surface area contributed by atoms with Gasteiger partial charge in [0.05, 0.1) is 19.5 Å². The number of hydrogen-bond acceptors (Lipinski definition) is 9. The Balaban J connectivity index is 1.67. The zero-order valence-electron chi connectivity index (χ0n) is 27.5. The molecule has 0 fully saturated rings. The van der Waals surface area contributed by atoms with Gasteiger partial charge in [0, 0.05) is 31.9 Å². The smallest absolute Gasteiger partial charge is 0.323 e. The van der Waals surface area contributed by atoms with E-state index >= 15 is 0 Å². The van der Waals surface area contributed by atoms with Crippen LogP contribution in [0.25, 0.3) is 11.2 Å². The quantitative estimate of drug-likeness (QED) is 0.0885. The molecule has 250 valence electrons. The van der Waals surface area contributed by atoms with Crippen molar-refractivity contribution in [3.63, 3.8) is 0 Å². The average Bonchev–Trinajstić information content (AvgIpc) is 3.39. The summed E-state index contributed by atoms with van der Waals surface area (Å²) in [7, 11) is 0. The summed E-state index contributed by atoms with van der Waals surface area (Å²) in [6.45, 7) is 7.69. The molecule has 11 heteroatoms. The minimum atomic E-state index is -0.664. The summed E-state index contributed by atoms with van der Waals surface area (Å²) in [5.74, 6) is -0.0611. The lowest BCUT2D eigenvalue weighted by Crippen LogP contribution is -2.37. The molecule has 0 bridgehead atoms. The van der Waals surface area contributed by atoms with Crippen molar-refractivity contribution in [2.75, 3.05) is 25.6 Å². The summed E-state index contributed by atoms with van der Waals surface area (Å²) in [5, 5.41) is 0. The molecule has 0 aliphatic rings. The largest absolute Gasteiger partial charge is 0.465 e. The van der Waals surface area contributed by atoms with Crippen LogP contribution in [0.4, 0.5) is 5.95 Å². The fourth-order valence-electron chi connectivity index (χ4n) is 5.19. The molecule has 2 aromatic rings. The van der Waals surface area contributed by atoms with Crippen LogP contribution in [-0.2, 0) is 25.6 Å². The highest BCUT2D eigenvalue weighted by atomic mass is 16.5. The second kappa shape index (κ2) is 21.8. The maximum Gasteiger partial charge on any atom is 0.323 e. The van der Waals surface area contributed by atoms with Crippen LogP contribution in [0, 0.1) is 11.8 Å². The fraction of sp³-hybridized carbons (Fsp3) is 0.788. The Morgan fingerprint density at radius 3 is 2.18 bits per heavy atom. The van der Waals surface area contributed by atoms with E-state index < -0.39 is 17.6 Å². The van der Waals surface area contributed by atoms with E-state index in [1.807, 2.05) is 13.8 Å². The van der Waals surface area contributed by atoms with Gasteiger partial charge in [-0.2, -0.15) is 4.98 Å². The van der Waals surface area contributed by atoms with Gasteiger partial charge in [0.25, 0.3) is 5.56 Å². The molecule has 2 heterocycles. The Labute approximate surface area is 263 Å². The molecule has 2 aromatic heterocycles. The molecule has 44 heavy (non-hydrogen) atoms. The van der Waals surface area contributed by atoms with Gasteiger partial charge < -0.3 is 25.5 Å². The molecule has 2 atom stereocenters. The van der Waals surface area contributed by atoms with E-state index in [-0.39, 0.29) is 29.9 Å². The summed E-state index contributed by atoms with van der Waals surface area (Å²) in [4.78, 5) is 47.5. The van der Waals surface area contributed by atoms with Crippen molar-refractivity contribution >= 4 is 28.9 Å². The Morgan fingerprint density at radius 2 is 1.55 bits per heavy atom. The van der Waals surface area contributed by atoms with E-state index in [0.29, 0.717) is 50.5 Å². The molecule has 0 amide bonds. The highest BCUT2D eigenvalue weighted by molar-refractivity contribution is 5.78. The lowest BCUT2D eigenvalue weighted by Gasteiger charge is -2.19. The predicted molar refractivity (Wildman–Crippen MR) is 175 cm³/mol. The maximum atomic E-state index is 12.3. The minimum absolute atomic E-state index is 0.0106. The van der Waals surface area contributed by atoms with Crippen LogP contribution < -0.4 is 17.0 Å². The Bertz CT molecular complexity index is 1150. The summed E-state index contributed by atoms with van der Waals surface area (Å²) in [5.41, 5.74) is 11.9. The fourth-order valence-corrected chi connectivity index (χ4v) is 5.19. The first-order chi connectivity index (χ1) is 21.2. The van der Waals surface area contributed by atoms with Crippen LogP contribution in [0.3, 0.4) is 0 Å². The summed E-state index contributed by atoms with van der Waals surface area (Å²) >= 11 is 0. The number of nitrogens with one attached hydrogen (secondary N) is 1. The zero-order valence-corrected chi connectivity index (χ0v) is 27.5. The van der Waals surface area contributed by atoms with Gasteiger partial charge in [-0.15, -0.1) is 0 Å². The van der Waals surface area contributed by atoms with Crippen molar-refractivity contribution in [1.82, 2.24) is 19.5 Å². The van der Waals surface area contributed by atoms with E-state index in [2.05, 4.69) is 21.9 Å². The molecule has 0 aliphatic heterocycles. The number of aromatic amines is 1. The topological polar surface area (TPSA) is 168 Å². The van der Waals surface area contributed by atoms with Gasteiger partial charge in [0.15, 0.2) is 11.2 Å². The lowest BCUT2D eigenvalue weighted by atomic mass is 10.0. The second-order valence-electron chi connectivity index (χ2n) is 12.5. The molecule has 0 aliphatic carbocycles. The molecule has 0 radical (unpaired) electrons. The van der Waals surface area contributed by atoms with Crippen molar-refractivity contribution in [1.29, 1.82) is 0 Å². The van der Waals surface area contributed by atoms with Crippen LogP contribution in [0.5, 0.6) is 0 Å². The number of rotatable bonds is 26. The van der Waals surface area contributed by atoms with E-state index in [1.54, 1.807) is 10.9 Å². The number of carbonyl (C=O) groups is 2. The first kappa shape index (κ1) is 37.4. The number of carbonyl (C=O) groups excluding carboxylic acids is 2. The summed E-state index contributed by atoms with van der Waals surface area (Å²) in [6, 6.07) is -0.664. The van der Waals surface area contributed by atoms with E-state index in [1.165, 1.54) is 51.4 Å². The molecule has 0 spiro atoms. The van der Waals surface area contributed by atoms with Gasteiger partial charge in [-0.1, -0.05) is 85.0 Å².